The third-order valence-electron chi connectivity index (χ3n) is 2.77. The van der Waals surface area contributed by atoms with E-state index in [4.69, 9.17) is 5.73 Å². The van der Waals surface area contributed by atoms with Gasteiger partial charge in [0.15, 0.2) is 5.78 Å². The second-order valence-corrected chi connectivity index (χ2v) is 4.14. The molecule has 2 rings (SSSR count). The molecule has 0 heterocycles. The molecule has 2 aromatic carbocycles. The number of rotatable bonds is 4. The Kier molecular flexibility index (Phi) is 4.22. The Morgan fingerprint density at radius 2 is 1.70 bits per heavy atom. The first-order chi connectivity index (χ1) is 9.61. The minimum absolute atomic E-state index is 0.0328. The van der Waals surface area contributed by atoms with Crippen molar-refractivity contribution in [1.82, 2.24) is 0 Å². The lowest BCUT2D eigenvalue weighted by Crippen LogP contribution is -2.15. The maximum Gasteiger partial charge on any atom is 0.258 e. The van der Waals surface area contributed by atoms with Crippen LogP contribution in [0.2, 0.25) is 0 Å². The first kappa shape index (κ1) is 13.9. The molecule has 0 atom stereocenters. The highest BCUT2D eigenvalue weighted by atomic mass is 19.1. The summed E-state index contributed by atoms with van der Waals surface area (Å²) >= 11 is 0. The summed E-state index contributed by atoms with van der Waals surface area (Å²) in [5.74, 6) is -1.31. The Labute approximate surface area is 115 Å². The second-order valence-electron chi connectivity index (χ2n) is 4.14. The number of amides is 1. The topological polar surface area (TPSA) is 72.2 Å². The molecule has 102 valence electrons. The molecular formula is C15H13FN2O2. The Morgan fingerprint density at radius 3 is 2.30 bits per heavy atom. The van der Waals surface area contributed by atoms with Crippen molar-refractivity contribution in [3.8, 4) is 0 Å². The van der Waals surface area contributed by atoms with Crippen molar-refractivity contribution in [2.45, 2.75) is 0 Å². The highest BCUT2D eigenvalue weighted by Gasteiger charge is 2.11. The summed E-state index contributed by atoms with van der Waals surface area (Å²) in [6.45, 7) is -0.0685. The Bertz CT molecular complexity index is 639. The van der Waals surface area contributed by atoms with E-state index in [0.29, 0.717) is 11.3 Å². The van der Waals surface area contributed by atoms with E-state index >= 15 is 0 Å². The first-order valence-corrected chi connectivity index (χ1v) is 6.01. The summed E-state index contributed by atoms with van der Waals surface area (Å²) in [6.07, 6.45) is 0. The molecule has 0 aliphatic heterocycles. The van der Waals surface area contributed by atoms with Crippen molar-refractivity contribution in [2.24, 2.45) is 5.73 Å². The number of nitrogens with one attached hydrogen (secondary N) is 1. The number of halogens is 1. The molecule has 0 saturated carbocycles. The van der Waals surface area contributed by atoms with E-state index < -0.39 is 11.7 Å². The van der Waals surface area contributed by atoms with Gasteiger partial charge in [0.05, 0.1) is 12.1 Å². The fourth-order valence-electron chi connectivity index (χ4n) is 1.70. The maximum atomic E-state index is 13.4. The molecule has 0 saturated heterocycles. The van der Waals surface area contributed by atoms with E-state index in [1.54, 1.807) is 30.3 Å². The quantitative estimate of drug-likeness (QED) is 0.838. The van der Waals surface area contributed by atoms with E-state index in [1.165, 1.54) is 18.2 Å². The van der Waals surface area contributed by atoms with Crippen LogP contribution in [0.3, 0.4) is 0 Å². The second kappa shape index (κ2) is 6.08. The number of nitrogens with two attached hydrogens (primary N) is 1. The van der Waals surface area contributed by atoms with Crippen molar-refractivity contribution < 1.29 is 14.0 Å². The predicted octanol–water partition coefficient (Wildman–Crippen LogP) is 2.22. The summed E-state index contributed by atoms with van der Waals surface area (Å²) in [5.41, 5.74) is 6.17. The molecule has 0 aromatic heterocycles. The molecule has 1 amide bonds. The van der Waals surface area contributed by atoms with Crippen LogP contribution in [0.25, 0.3) is 0 Å². The van der Waals surface area contributed by atoms with Crippen LogP contribution in [-0.2, 0) is 0 Å². The molecular weight excluding hydrogens is 259 g/mol. The van der Waals surface area contributed by atoms with Gasteiger partial charge in [0, 0.05) is 11.3 Å². The zero-order chi connectivity index (χ0) is 14.5. The van der Waals surface area contributed by atoms with Gasteiger partial charge in [0.25, 0.3) is 5.91 Å². The van der Waals surface area contributed by atoms with E-state index in [2.05, 4.69) is 5.32 Å². The highest BCUT2D eigenvalue weighted by Crippen LogP contribution is 2.13. The Hall–Kier alpha value is -2.53. The van der Waals surface area contributed by atoms with Gasteiger partial charge in [-0.2, -0.15) is 0 Å². The molecule has 4 nitrogen and oxygen atoms in total. The van der Waals surface area contributed by atoms with E-state index in [1.807, 2.05) is 0 Å². The lowest BCUT2D eigenvalue weighted by molar-refractivity contribution is 0.0999. The van der Waals surface area contributed by atoms with Crippen LogP contribution in [0.15, 0.2) is 48.5 Å². The number of anilines is 1. The summed E-state index contributed by atoms with van der Waals surface area (Å²) in [7, 11) is 0. The van der Waals surface area contributed by atoms with Gasteiger partial charge < -0.3 is 11.1 Å². The molecule has 20 heavy (non-hydrogen) atoms. The third-order valence-corrected chi connectivity index (χ3v) is 2.77. The smallest absolute Gasteiger partial charge is 0.258 e. The van der Waals surface area contributed by atoms with E-state index in [0.717, 1.165) is 0 Å². The van der Waals surface area contributed by atoms with Gasteiger partial charge in [-0.3, -0.25) is 9.59 Å². The maximum absolute atomic E-state index is 13.4. The number of carbonyl (C=O) groups excluding carboxylic acids is 2. The van der Waals surface area contributed by atoms with E-state index in [9.17, 15) is 14.0 Å². The summed E-state index contributed by atoms with van der Waals surface area (Å²) in [4.78, 5) is 23.2. The molecule has 3 N–H and O–H groups in total. The summed E-state index contributed by atoms with van der Waals surface area (Å²) in [5, 5.41) is 2.56. The van der Waals surface area contributed by atoms with Crippen LogP contribution in [0, 0.1) is 5.82 Å². The number of hydrogen-bond donors (Lipinski definition) is 2. The lowest BCUT2D eigenvalue weighted by atomic mass is 10.1. The molecule has 0 bridgehead atoms. The molecule has 0 aliphatic rings. The monoisotopic (exact) mass is 272 g/mol. The molecule has 0 fully saturated rings. The van der Waals surface area contributed by atoms with Gasteiger partial charge in [0.2, 0.25) is 0 Å². The van der Waals surface area contributed by atoms with Gasteiger partial charge in [-0.05, 0) is 36.4 Å². The number of benzene rings is 2. The number of carbonyl (C=O) groups is 2. The molecule has 5 heteroatoms. The van der Waals surface area contributed by atoms with Crippen LogP contribution in [0.4, 0.5) is 10.1 Å². The van der Waals surface area contributed by atoms with Crippen molar-refractivity contribution in [3.05, 3.63) is 65.5 Å². The standard InChI is InChI=1S/C15H13FN2O2/c16-13-4-2-1-3-12(13)15(20)18-11-7-5-10(6-8-11)14(19)9-17/h1-8H,9,17H2,(H,18,20). The van der Waals surface area contributed by atoms with Crippen LogP contribution in [-0.4, -0.2) is 18.2 Å². The van der Waals surface area contributed by atoms with Crippen LogP contribution in [0.1, 0.15) is 20.7 Å². The van der Waals surface area contributed by atoms with Gasteiger partial charge in [-0.25, -0.2) is 4.39 Å². The Balaban J connectivity index is 2.13. The summed E-state index contributed by atoms with van der Waals surface area (Å²) in [6, 6.07) is 12.0. The summed E-state index contributed by atoms with van der Waals surface area (Å²) < 4.78 is 13.4. The fourth-order valence-corrected chi connectivity index (χ4v) is 1.70. The van der Waals surface area contributed by atoms with Gasteiger partial charge in [-0.1, -0.05) is 12.1 Å². The van der Waals surface area contributed by atoms with E-state index in [-0.39, 0.29) is 17.9 Å². The molecule has 0 radical (unpaired) electrons. The van der Waals surface area contributed by atoms with Gasteiger partial charge >= 0.3 is 0 Å². The highest BCUT2D eigenvalue weighted by molar-refractivity contribution is 6.05. The van der Waals surface area contributed by atoms with Crippen molar-refractivity contribution in [2.75, 3.05) is 11.9 Å². The van der Waals surface area contributed by atoms with Crippen LogP contribution >= 0.6 is 0 Å². The zero-order valence-electron chi connectivity index (χ0n) is 10.6. The average molecular weight is 272 g/mol. The van der Waals surface area contributed by atoms with Crippen molar-refractivity contribution in [1.29, 1.82) is 0 Å². The average Bonchev–Trinajstić information content (AvgIpc) is 2.47. The van der Waals surface area contributed by atoms with Gasteiger partial charge in [0.1, 0.15) is 5.82 Å². The molecule has 2 aromatic rings. The SMILES string of the molecule is NCC(=O)c1ccc(NC(=O)c2ccccc2F)cc1. The number of Topliss-reactive ketones (excluding diaryl/α,β-unsaturated/α-hetero) is 1. The minimum atomic E-state index is -0.583. The van der Waals surface area contributed by atoms with Crippen LogP contribution < -0.4 is 11.1 Å². The van der Waals surface area contributed by atoms with Crippen molar-refractivity contribution in [3.63, 3.8) is 0 Å². The minimum Gasteiger partial charge on any atom is -0.324 e. The molecule has 0 aliphatic carbocycles. The zero-order valence-corrected chi connectivity index (χ0v) is 10.6. The predicted molar refractivity (Wildman–Crippen MR) is 74.2 cm³/mol. The van der Waals surface area contributed by atoms with Gasteiger partial charge in [-0.15, -0.1) is 0 Å². The molecule has 0 spiro atoms. The third kappa shape index (κ3) is 3.07. The van der Waals surface area contributed by atoms with Crippen LogP contribution in [0.5, 0.6) is 0 Å². The Morgan fingerprint density at radius 1 is 1.05 bits per heavy atom. The number of hydrogen-bond acceptors (Lipinski definition) is 3. The lowest BCUT2D eigenvalue weighted by Gasteiger charge is -2.06. The first-order valence-electron chi connectivity index (χ1n) is 6.01. The normalized spacial score (nSPS) is 10.1. The molecule has 0 unspecified atom stereocenters. The fraction of sp³-hybridized carbons (Fsp3) is 0.0667. The van der Waals surface area contributed by atoms with Crippen molar-refractivity contribution >= 4 is 17.4 Å². The number of ketones is 1. The largest absolute Gasteiger partial charge is 0.324 e.